The van der Waals surface area contributed by atoms with E-state index in [1.807, 2.05) is 11.3 Å². The maximum Gasteiger partial charge on any atom is 0.0351 e. The van der Waals surface area contributed by atoms with E-state index in [2.05, 4.69) is 77.1 Å². The molecule has 0 aromatic carbocycles. The molecule has 0 N–H and O–H groups in total. The Morgan fingerprint density at radius 3 is 2.52 bits per heavy atom. The van der Waals surface area contributed by atoms with E-state index >= 15 is 0 Å². The van der Waals surface area contributed by atoms with E-state index in [1.54, 1.807) is 0 Å². The van der Waals surface area contributed by atoms with E-state index in [-0.39, 0.29) is 0 Å². The lowest BCUT2D eigenvalue weighted by Crippen LogP contribution is -2.16. The molecule has 1 aromatic rings. The number of unbranched alkanes of at least 4 members (excludes halogenated alkanes) is 1. The third kappa shape index (κ3) is 6.74. The van der Waals surface area contributed by atoms with Crippen molar-refractivity contribution in [2.75, 3.05) is 0 Å². The van der Waals surface area contributed by atoms with Crippen LogP contribution in [-0.2, 0) is 0 Å². The Balaban J connectivity index is 3.15. The van der Waals surface area contributed by atoms with Gasteiger partial charge in [-0.2, -0.15) is 0 Å². The second kappa shape index (κ2) is 11.2. The van der Waals surface area contributed by atoms with Crippen LogP contribution in [0.5, 0.6) is 0 Å². The molecule has 0 aliphatic rings. The Morgan fingerprint density at radius 1 is 1.13 bits per heavy atom. The first-order chi connectivity index (χ1) is 11.2. The highest BCUT2D eigenvalue weighted by Crippen LogP contribution is 2.18. The summed E-state index contributed by atoms with van der Waals surface area (Å²) in [5.41, 5.74) is 2.83. The normalized spacial score (nSPS) is 15.2. The van der Waals surface area contributed by atoms with Crippen molar-refractivity contribution < 1.29 is 0 Å². The summed E-state index contributed by atoms with van der Waals surface area (Å²) in [7, 11) is 0. The van der Waals surface area contributed by atoms with Gasteiger partial charge in [0, 0.05) is 9.41 Å². The van der Waals surface area contributed by atoms with Gasteiger partial charge in [-0.3, -0.25) is 0 Å². The lowest BCUT2D eigenvalue weighted by atomic mass is 10.1. The summed E-state index contributed by atoms with van der Waals surface area (Å²) in [5, 5.41) is 1.38. The van der Waals surface area contributed by atoms with Gasteiger partial charge < -0.3 is 0 Å². The molecule has 0 atom stereocenters. The summed E-state index contributed by atoms with van der Waals surface area (Å²) in [6.07, 6.45) is 19.4. The molecular weight excluding hydrogens is 296 g/mol. The van der Waals surface area contributed by atoms with Gasteiger partial charge in [-0.15, -0.1) is 11.3 Å². The topological polar surface area (TPSA) is 0 Å². The Kier molecular flexibility index (Phi) is 9.63. The molecule has 0 nitrogen and oxygen atoms in total. The van der Waals surface area contributed by atoms with E-state index in [1.165, 1.54) is 38.6 Å². The lowest BCUT2D eigenvalue weighted by Gasteiger charge is -1.97. The van der Waals surface area contributed by atoms with Crippen LogP contribution in [-0.4, -0.2) is 0 Å². The molecular formula is C22H32S. The molecule has 0 aliphatic carbocycles. The molecule has 126 valence electrons. The van der Waals surface area contributed by atoms with E-state index < -0.39 is 0 Å². The summed E-state index contributed by atoms with van der Waals surface area (Å²) in [6, 6.07) is 2.36. The van der Waals surface area contributed by atoms with Crippen molar-refractivity contribution in [3.8, 4) is 0 Å². The zero-order chi connectivity index (χ0) is 17.1. The number of hydrogen-bond acceptors (Lipinski definition) is 1. The standard InChI is InChI=1S/C22H32S/c1-6-10-13-18(5)15-16-20-17-22(23-21(20)9-4)19(12-8-3)14-11-7-2/h9,11-14,16-17H,6-8,10,15H2,1-5H3/b14-11-,18-13-,19-12+,20-16-,21-9+. The van der Waals surface area contributed by atoms with Crippen LogP contribution in [0.1, 0.15) is 71.6 Å². The first-order valence-electron chi connectivity index (χ1n) is 8.95. The largest absolute Gasteiger partial charge is 0.136 e. The van der Waals surface area contributed by atoms with Crippen molar-refractivity contribution in [2.24, 2.45) is 0 Å². The van der Waals surface area contributed by atoms with Gasteiger partial charge in [0.1, 0.15) is 0 Å². The summed E-state index contributed by atoms with van der Waals surface area (Å²) in [5.74, 6) is 0. The van der Waals surface area contributed by atoms with E-state index in [0.29, 0.717) is 0 Å². The molecule has 0 aliphatic heterocycles. The quantitative estimate of drug-likeness (QED) is 0.392. The van der Waals surface area contributed by atoms with E-state index in [4.69, 9.17) is 0 Å². The number of allylic oxidation sites excluding steroid dienone is 6. The monoisotopic (exact) mass is 328 g/mol. The van der Waals surface area contributed by atoms with Crippen molar-refractivity contribution in [1.29, 1.82) is 0 Å². The zero-order valence-electron chi connectivity index (χ0n) is 15.5. The summed E-state index contributed by atoms with van der Waals surface area (Å²) in [4.78, 5) is 1.38. The Hall–Kier alpha value is -1.34. The molecule has 0 saturated heterocycles. The Morgan fingerprint density at radius 2 is 1.91 bits per heavy atom. The van der Waals surface area contributed by atoms with Crippen LogP contribution in [0.3, 0.4) is 0 Å². The molecule has 23 heavy (non-hydrogen) atoms. The number of hydrogen-bond donors (Lipinski definition) is 0. The summed E-state index contributed by atoms with van der Waals surface area (Å²) >= 11 is 1.90. The molecule has 0 spiro atoms. The van der Waals surface area contributed by atoms with E-state index in [0.717, 1.165) is 19.3 Å². The minimum absolute atomic E-state index is 1.05. The van der Waals surface area contributed by atoms with Gasteiger partial charge in [-0.05, 0) is 56.4 Å². The average Bonchev–Trinajstić information content (AvgIpc) is 2.97. The smallest absolute Gasteiger partial charge is 0.0351 e. The van der Waals surface area contributed by atoms with Crippen LogP contribution in [0.15, 0.2) is 35.9 Å². The molecule has 0 saturated carbocycles. The predicted molar refractivity (Wildman–Crippen MR) is 109 cm³/mol. The second-order valence-electron chi connectivity index (χ2n) is 5.84. The molecule has 0 bridgehead atoms. The molecule has 1 rings (SSSR count). The van der Waals surface area contributed by atoms with Crippen LogP contribution < -0.4 is 9.75 Å². The van der Waals surface area contributed by atoms with Crippen LogP contribution in [0.4, 0.5) is 0 Å². The maximum absolute atomic E-state index is 2.38. The van der Waals surface area contributed by atoms with Gasteiger partial charge in [0.15, 0.2) is 0 Å². The van der Waals surface area contributed by atoms with Crippen LogP contribution in [0.25, 0.3) is 17.7 Å². The predicted octanol–water partition coefficient (Wildman–Crippen LogP) is 6.23. The summed E-state index contributed by atoms with van der Waals surface area (Å²) < 4.78 is 1.38. The van der Waals surface area contributed by atoms with Crippen LogP contribution in [0.2, 0.25) is 0 Å². The fourth-order valence-electron chi connectivity index (χ4n) is 2.41. The van der Waals surface area contributed by atoms with Gasteiger partial charge in [0.25, 0.3) is 0 Å². The molecule has 1 heteroatoms. The minimum Gasteiger partial charge on any atom is -0.136 e. The third-order valence-corrected chi connectivity index (χ3v) is 4.99. The molecule has 1 heterocycles. The highest BCUT2D eigenvalue weighted by molar-refractivity contribution is 7.11. The minimum atomic E-state index is 1.05. The highest BCUT2D eigenvalue weighted by atomic mass is 32.1. The molecule has 0 radical (unpaired) electrons. The fraction of sp³-hybridized carbons (Fsp3) is 0.455. The fourth-order valence-corrected chi connectivity index (χ4v) is 3.48. The van der Waals surface area contributed by atoms with Gasteiger partial charge in [0.05, 0.1) is 0 Å². The SMILES string of the molecule is C/C=c1/sc(C(/C=C\CC)=C/CC)c/c1=C/C/C(C)=C\CCC. The second-order valence-corrected chi connectivity index (χ2v) is 6.93. The maximum atomic E-state index is 2.38. The van der Waals surface area contributed by atoms with Gasteiger partial charge >= 0.3 is 0 Å². The molecule has 0 amide bonds. The van der Waals surface area contributed by atoms with Crippen LogP contribution >= 0.6 is 11.3 Å². The molecule has 1 aromatic heterocycles. The number of rotatable bonds is 8. The average molecular weight is 329 g/mol. The van der Waals surface area contributed by atoms with Crippen molar-refractivity contribution in [2.45, 2.75) is 66.7 Å². The van der Waals surface area contributed by atoms with Crippen LogP contribution in [0, 0.1) is 0 Å². The lowest BCUT2D eigenvalue weighted by molar-refractivity contribution is 0.944. The van der Waals surface area contributed by atoms with Crippen molar-refractivity contribution in [1.82, 2.24) is 0 Å². The van der Waals surface area contributed by atoms with Gasteiger partial charge in [0.2, 0.25) is 0 Å². The number of thiophene rings is 1. The molecule has 0 unspecified atom stereocenters. The Bertz CT molecular complexity index is 665. The molecule has 0 fully saturated rings. The zero-order valence-corrected chi connectivity index (χ0v) is 16.3. The van der Waals surface area contributed by atoms with Crippen molar-refractivity contribution >= 4 is 29.1 Å². The van der Waals surface area contributed by atoms with Gasteiger partial charge in [-0.1, -0.05) is 69.2 Å². The first-order valence-corrected chi connectivity index (χ1v) is 9.76. The van der Waals surface area contributed by atoms with Crippen molar-refractivity contribution in [3.05, 3.63) is 50.6 Å². The van der Waals surface area contributed by atoms with E-state index in [9.17, 15) is 0 Å². The van der Waals surface area contributed by atoms with Gasteiger partial charge in [-0.25, -0.2) is 0 Å². The Labute approximate surface area is 146 Å². The first kappa shape index (κ1) is 19.7. The highest BCUT2D eigenvalue weighted by Gasteiger charge is 2.02. The third-order valence-electron chi connectivity index (χ3n) is 3.72. The van der Waals surface area contributed by atoms with Crippen molar-refractivity contribution in [3.63, 3.8) is 0 Å². The summed E-state index contributed by atoms with van der Waals surface area (Å²) in [6.45, 7) is 11.0.